The summed E-state index contributed by atoms with van der Waals surface area (Å²) in [5, 5.41) is 13.8. The molecule has 1 N–H and O–H groups in total. The van der Waals surface area contributed by atoms with Gasteiger partial charge in [-0.25, -0.2) is 4.98 Å². The van der Waals surface area contributed by atoms with Crippen LogP contribution in [0.3, 0.4) is 0 Å². The number of anilines is 1. The molecule has 1 heterocycles. The molecule has 1 aromatic heterocycles. The van der Waals surface area contributed by atoms with Gasteiger partial charge >= 0.3 is 0 Å². The van der Waals surface area contributed by atoms with Gasteiger partial charge in [0.15, 0.2) is 0 Å². The third-order valence-electron chi connectivity index (χ3n) is 4.53. The topological polar surface area (TPSA) is 48.7 Å². The second-order valence-electron chi connectivity index (χ2n) is 6.77. The minimum atomic E-state index is 0.465. The Morgan fingerprint density at radius 2 is 1.95 bits per heavy atom. The van der Waals surface area contributed by atoms with Gasteiger partial charge in [0.1, 0.15) is 5.82 Å². The van der Waals surface area contributed by atoms with Crippen molar-refractivity contribution in [3.8, 4) is 6.07 Å². The van der Waals surface area contributed by atoms with Gasteiger partial charge in [-0.2, -0.15) is 5.26 Å². The predicted molar refractivity (Wildman–Crippen MR) is 86.1 cm³/mol. The van der Waals surface area contributed by atoms with E-state index in [0.29, 0.717) is 17.0 Å². The molecule has 2 aromatic rings. The maximum atomic E-state index is 9.33. The summed E-state index contributed by atoms with van der Waals surface area (Å²) in [5.41, 5.74) is 2.04. The van der Waals surface area contributed by atoms with Crippen LogP contribution in [0.15, 0.2) is 30.3 Å². The third-order valence-corrected chi connectivity index (χ3v) is 4.53. The van der Waals surface area contributed by atoms with Crippen LogP contribution < -0.4 is 5.32 Å². The molecule has 0 atom stereocenters. The largest absolute Gasteiger partial charge is 0.367 e. The number of para-hydroxylation sites is 1. The monoisotopic (exact) mass is 279 g/mol. The molecule has 1 aliphatic rings. The summed E-state index contributed by atoms with van der Waals surface area (Å²) < 4.78 is 0. The number of nitriles is 1. The molecule has 3 nitrogen and oxygen atoms in total. The number of hydrogen-bond donors (Lipinski definition) is 1. The van der Waals surface area contributed by atoms with E-state index >= 15 is 0 Å². The van der Waals surface area contributed by atoms with Crippen LogP contribution in [-0.4, -0.2) is 11.0 Å². The van der Waals surface area contributed by atoms with Crippen LogP contribution in [0.25, 0.3) is 10.9 Å². The maximum Gasteiger partial charge on any atom is 0.128 e. The van der Waals surface area contributed by atoms with E-state index in [2.05, 4.69) is 30.2 Å². The van der Waals surface area contributed by atoms with Gasteiger partial charge in [-0.05, 0) is 43.2 Å². The fraction of sp³-hybridized carbons (Fsp3) is 0.444. The van der Waals surface area contributed by atoms with Gasteiger partial charge in [0.2, 0.25) is 0 Å². The summed E-state index contributed by atoms with van der Waals surface area (Å²) in [6, 6.07) is 12.5. The molecule has 0 saturated heterocycles. The summed E-state index contributed by atoms with van der Waals surface area (Å²) in [7, 11) is 0. The number of pyridine rings is 1. The van der Waals surface area contributed by atoms with Gasteiger partial charge in [0.25, 0.3) is 0 Å². The van der Waals surface area contributed by atoms with Crippen LogP contribution in [0.1, 0.15) is 45.1 Å². The molecule has 1 aliphatic carbocycles. The van der Waals surface area contributed by atoms with Gasteiger partial charge in [0.05, 0.1) is 17.1 Å². The zero-order chi connectivity index (χ0) is 14.9. The molecule has 0 bridgehead atoms. The van der Waals surface area contributed by atoms with E-state index in [0.717, 1.165) is 16.7 Å². The van der Waals surface area contributed by atoms with Gasteiger partial charge < -0.3 is 5.32 Å². The molecule has 1 saturated carbocycles. The molecular weight excluding hydrogens is 258 g/mol. The number of hydrogen-bond acceptors (Lipinski definition) is 3. The second kappa shape index (κ2) is 5.37. The molecule has 0 amide bonds. The number of fused-ring (bicyclic) bond motifs is 1. The molecule has 0 unspecified atom stereocenters. The molecule has 1 fully saturated rings. The molecule has 1 aromatic carbocycles. The average molecular weight is 279 g/mol. The summed E-state index contributed by atoms with van der Waals surface area (Å²) in [6.45, 7) is 4.68. The molecule has 0 aliphatic heterocycles. The van der Waals surface area contributed by atoms with E-state index in [1.54, 1.807) is 0 Å². The van der Waals surface area contributed by atoms with Crippen LogP contribution >= 0.6 is 0 Å². The third kappa shape index (κ3) is 3.00. The highest BCUT2D eigenvalue weighted by atomic mass is 15.0. The van der Waals surface area contributed by atoms with Crippen LogP contribution in [0, 0.1) is 16.7 Å². The molecule has 3 rings (SSSR count). The zero-order valence-electron chi connectivity index (χ0n) is 12.7. The number of benzene rings is 1. The highest BCUT2D eigenvalue weighted by Gasteiger charge is 2.26. The maximum absolute atomic E-state index is 9.33. The van der Waals surface area contributed by atoms with Gasteiger partial charge in [-0.15, -0.1) is 0 Å². The van der Waals surface area contributed by atoms with Crippen molar-refractivity contribution in [1.29, 1.82) is 5.26 Å². The Kier molecular flexibility index (Phi) is 3.55. The molecular formula is C18H21N3. The number of rotatable bonds is 2. The second-order valence-corrected chi connectivity index (χ2v) is 6.77. The van der Waals surface area contributed by atoms with Crippen molar-refractivity contribution >= 4 is 16.7 Å². The van der Waals surface area contributed by atoms with Gasteiger partial charge in [-0.1, -0.05) is 32.0 Å². The number of nitrogens with zero attached hydrogens (tertiary/aromatic N) is 2. The van der Waals surface area contributed by atoms with Crippen molar-refractivity contribution in [1.82, 2.24) is 4.98 Å². The summed E-state index contributed by atoms with van der Waals surface area (Å²) in [4.78, 5) is 4.65. The van der Waals surface area contributed by atoms with Crippen molar-refractivity contribution in [3.05, 3.63) is 35.9 Å². The Hall–Kier alpha value is -2.08. The molecule has 0 radical (unpaired) electrons. The standard InChI is InChI=1S/C18H21N3/c1-18(2)9-7-14(8-10-18)20-17-11-13(12-19)15-5-3-4-6-16(15)21-17/h3-6,11,14H,7-10H2,1-2H3,(H,20,21). The van der Waals surface area contributed by atoms with Crippen molar-refractivity contribution in [2.45, 2.75) is 45.6 Å². The first kappa shape index (κ1) is 13.9. The Balaban J connectivity index is 1.83. The fourth-order valence-electron chi connectivity index (χ4n) is 3.09. The minimum absolute atomic E-state index is 0.465. The average Bonchev–Trinajstić information content (AvgIpc) is 2.48. The summed E-state index contributed by atoms with van der Waals surface area (Å²) in [5.74, 6) is 0.829. The number of nitrogens with one attached hydrogen (secondary N) is 1. The van der Waals surface area contributed by atoms with Crippen molar-refractivity contribution in [3.63, 3.8) is 0 Å². The quantitative estimate of drug-likeness (QED) is 0.881. The Bertz CT molecular complexity index is 687. The van der Waals surface area contributed by atoms with Crippen LogP contribution in [-0.2, 0) is 0 Å². The van der Waals surface area contributed by atoms with Gasteiger partial charge in [0, 0.05) is 11.4 Å². The van der Waals surface area contributed by atoms with Crippen molar-refractivity contribution in [2.75, 3.05) is 5.32 Å². The Morgan fingerprint density at radius 3 is 2.67 bits per heavy atom. The van der Waals surface area contributed by atoms with Gasteiger partial charge in [-0.3, -0.25) is 0 Å². The lowest BCUT2D eigenvalue weighted by Crippen LogP contribution is -2.30. The normalized spacial score (nSPS) is 18.3. The predicted octanol–water partition coefficient (Wildman–Crippen LogP) is 4.49. The van der Waals surface area contributed by atoms with E-state index in [4.69, 9.17) is 0 Å². The highest BCUT2D eigenvalue weighted by Crippen LogP contribution is 2.36. The molecule has 0 spiro atoms. The lowest BCUT2D eigenvalue weighted by atomic mass is 9.75. The lowest BCUT2D eigenvalue weighted by Gasteiger charge is -2.34. The first-order valence-electron chi connectivity index (χ1n) is 7.64. The van der Waals surface area contributed by atoms with E-state index in [1.807, 2.05) is 30.3 Å². The van der Waals surface area contributed by atoms with E-state index < -0.39 is 0 Å². The minimum Gasteiger partial charge on any atom is -0.367 e. The molecule has 21 heavy (non-hydrogen) atoms. The first-order valence-corrected chi connectivity index (χ1v) is 7.64. The highest BCUT2D eigenvalue weighted by molar-refractivity contribution is 5.86. The van der Waals surface area contributed by atoms with Crippen LogP contribution in [0.5, 0.6) is 0 Å². The Labute approximate surface area is 126 Å². The fourth-order valence-corrected chi connectivity index (χ4v) is 3.09. The molecule has 108 valence electrons. The van der Waals surface area contributed by atoms with Crippen LogP contribution in [0.4, 0.5) is 5.82 Å². The lowest BCUT2D eigenvalue weighted by molar-refractivity contribution is 0.232. The van der Waals surface area contributed by atoms with E-state index in [1.165, 1.54) is 25.7 Å². The molecule has 3 heteroatoms. The number of aromatic nitrogens is 1. The van der Waals surface area contributed by atoms with Crippen molar-refractivity contribution < 1.29 is 0 Å². The Morgan fingerprint density at radius 1 is 1.24 bits per heavy atom. The van der Waals surface area contributed by atoms with E-state index in [-0.39, 0.29) is 0 Å². The van der Waals surface area contributed by atoms with Crippen LogP contribution in [0.2, 0.25) is 0 Å². The summed E-state index contributed by atoms with van der Waals surface area (Å²) >= 11 is 0. The zero-order valence-corrected chi connectivity index (χ0v) is 12.7. The first-order chi connectivity index (χ1) is 10.1. The smallest absolute Gasteiger partial charge is 0.128 e. The van der Waals surface area contributed by atoms with E-state index in [9.17, 15) is 5.26 Å². The summed E-state index contributed by atoms with van der Waals surface area (Å²) in [6.07, 6.45) is 4.82. The van der Waals surface area contributed by atoms with Crippen molar-refractivity contribution in [2.24, 2.45) is 5.41 Å². The SMILES string of the molecule is CC1(C)CCC(Nc2cc(C#N)c3ccccc3n2)CC1.